The van der Waals surface area contributed by atoms with Crippen LogP contribution < -0.4 is 10.0 Å². The third-order valence-corrected chi connectivity index (χ3v) is 5.45. The summed E-state index contributed by atoms with van der Waals surface area (Å²) in [5.41, 5.74) is 8.51. The molecule has 0 spiro atoms. The molecule has 2 N–H and O–H groups in total. The predicted molar refractivity (Wildman–Crippen MR) is 82.7 cm³/mol. The molecule has 6 heteroatoms. The van der Waals surface area contributed by atoms with Gasteiger partial charge in [-0.25, -0.2) is 13.4 Å². The third-order valence-electron chi connectivity index (χ3n) is 3.66. The van der Waals surface area contributed by atoms with Crippen LogP contribution in [0.2, 0.25) is 0 Å². The number of pyridine rings is 1. The summed E-state index contributed by atoms with van der Waals surface area (Å²) in [6, 6.07) is 8.88. The highest BCUT2D eigenvalue weighted by Crippen LogP contribution is 2.32. The molecule has 0 bridgehead atoms. The molecule has 0 atom stereocenters. The van der Waals surface area contributed by atoms with E-state index in [4.69, 9.17) is 5.73 Å². The van der Waals surface area contributed by atoms with Gasteiger partial charge in [-0.2, -0.15) is 0 Å². The van der Waals surface area contributed by atoms with E-state index in [9.17, 15) is 8.42 Å². The number of fused-ring (bicyclic) bond motifs is 1. The van der Waals surface area contributed by atoms with Crippen LogP contribution in [0.15, 0.2) is 41.4 Å². The van der Waals surface area contributed by atoms with Crippen molar-refractivity contribution >= 4 is 21.5 Å². The van der Waals surface area contributed by atoms with Crippen LogP contribution in [-0.4, -0.2) is 19.9 Å². The first-order chi connectivity index (χ1) is 9.98. The number of nitrogens with two attached hydrogens (primary N) is 1. The zero-order chi connectivity index (χ0) is 15.0. The Morgan fingerprint density at radius 2 is 2.05 bits per heavy atom. The van der Waals surface area contributed by atoms with Crippen LogP contribution in [0.5, 0.6) is 0 Å². The second-order valence-electron chi connectivity index (χ2n) is 5.23. The molecule has 3 rings (SSSR count). The van der Waals surface area contributed by atoms with Gasteiger partial charge < -0.3 is 5.73 Å². The van der Waals surface area contributed by atoms with Gasteiger partial charge in [-0.05, 0) is 43.5 Å². The Labute approximate surface area is 124 Å². The van der Waals surface area contributed by atoms with E-state index in [-0.39, 0.29) is 4.90 Å². The molecule has 21 heavy (non-hydrogen) atoms. The summed E-state index contributed by atoms with van der Waals surface area (Å²) >= 11 is 0. The van der Waals surface area contributed by atoms with Crippen molar-refractivity contribution in [1.82, 2.24) is 4.98 Å². The van der Waals surface area contributed by atoms with E-state index in [1.165, 1.54) is 22.6 Å². The highest BCUT2D eigenvalue weighted by atomic mass is 32.2. The molecule has 2 heterocycles. The average Bonchev–Trinajstić information content (AvgIpc) is 2.46. The molecule has 0 fully saturated rings. The Kier molecular flexibility index (Phi) is 3.33. The molecule has 0 saturated carbocycles. The van der Waals surface area contributed by atoms with E-state index >= 15 is 0 Å². The third kappa shape index (κ3) is 2.47. The number of hydrogen-bond donors (Lipinski definition) is 1. The van der Waals surface area contributed by atoms with Gasteiger partial charge in [0, 0.05) is 12.7 Å². The van der Waals surface area contributed by atoms with Crippen LogP contribution in [0, 0.1) is 6.92 Å². The van der Waals surface area contributed by atoms with Crippen LogP contribution in [0.4, 0.5) is 11.5 Å². The fraction of sp³-hybridized carbons (Fsp3) is 0.267. The lowest BCUT2D eigenvalue weighted by Gasteiger charge is -2.30. The normalized spacial score (nSPS) is 14.8. The first kappa shape index (κ1) is 13.9. The van der Waals surface area contributed by atoms with Crippen molar-refractivity contribution in [2.24, 2.45) is 0 Å². The molecule has 0 amide bonds. The molecule has 2 aromatic rings. The van der Waals surface area contributed by atoms with E-state index < -0.39 is 10.0 Å². The fourth-order valence-electron chi connectivity index (χ4n) is 2.61. The molecule has 110 valence electrons. The number of benzene rings is 1. The molecule has 5 nitrogen and oxygen atoms in total. The van der Waals surface area contributed by atoms with Crippen LogP contribution in [0.3, 0.4) is 0 Å². The number of rotatable bonds is 2. The van der Waals surface area contributed by atoms with E-state index in [2.05, 4.69) is 11.1 Å². The largest absolute Gasteiger partial charge is 0.384 e. The van der Waals surface area contributed by atoms with E-state index in [0.29, 0.717) is 12.4 Å². The van der Waals surface area contributed by atoms with Gasteiger partial charge in [0.1, 0.15) is 10.7 Å². The van der Waals surface area contributed by atoms with E-state index in [1.54, 1.807) is 0 Å². The summed E-state index contributed by atoms with van der Waals surface area (Å²) in [5, 5.41) is 0. The maximum absolute atomic E-state index is 12.8. The predicted octanol–water partition coefficient (Wildman–Crippen LogP) is 2.11. The van der Waals surface area contributed by atoms with Crippen LogP contribution >= 0.6 is 0 Å². The van der Waals surface area contributed by atoms with Gasteiger partial charge in [0.05, 0.1) is 5.69 Å². The smallest absolute Gasteiger partial charge is 0.265 e. The Bertz CT molecular complexity index is 770. The van der Waals surface area contributed by atoms with Crippen molar-refractivity contribution < 1.29 is 8.42 Å². The lowest BCUT2D eigenvalue weighted by atomic mass is 10.0. The van der Waals surface area contributed by atoms with Crippen molar-refractivity contribution in [1.29, 1.82) is 0 Å². The average molecular weight is 303 g/mol. The van der Waals surface area contributed by atoms with E-state index in [1.807, 2.05) is 19.1 Å². The minimum absolute atomic E-state index is 0.171. The minimum atomic E-state index is -3.59. The monoisotopic (exact) mass is 303 g/mol. The second-order valence-corrected chi connectivity index (χ2v) is 7.09. The maximum atomic E-state index is 12.8. The molecular formula is C15H17N3O2S. The number of aromatic nitrogens is 1. The number of aryl methyl sites for hydroxylation is 2. The van der Waals surface area contributed by atoms with Gasteiger partial charge in [-0.1, -0.05) is 17.7 Å². The van der Waals surface area contributed by atoms with Gasteiger partial charge in [0.25, 0.3) is 10.0 Å². The zero-order valence-corrected chi connectivity index (χ0v) is 12.6. The first-order valence-corrected chi connectivity index (χ1v) is 8.26. The lowest BCUT2D eigenvalue weighted by Crippen LogP contribution is -2.35. The Balaban J connectivity index is 2.07. The standard InChI is InChI=1S/C15H17N3O2S/c1-11-4-6-14-12(9-11)3-2-8-18(14)21(19,20)13-5-7-15(16)17-10-13/h4-7,9-10H,2-3,8H2,1H3,(H2,16,17). The quantitative estimate of drug-likeness (QED) is 0.922. The van der Waals surface area contributed by atoms with E-state index in [0.717, 1.165) is 29.7 Å². The number of nitrogens with zero attached hydrogens (tertiary/aromatic N) is 2. The summed E-state index contributed by atoms with van der Waals surface area (Å²) < 4.78 is 27.1. The molecule has 0 saturated heterocycles. The van der Waals surface area contributed by atoms with Gasteiger partial charge in [0.2, 0.25) is 0 Å². The van der Waals surface area contributed by atoms with Crippen LogP contribution in [0.1, 0.15) is 17.5 Å². The summed E-state index contributed by atoms with van der Waals surface area (Å²) in [4.78, 5) is 4.05. The second kappa shape index (κ2) is 5.04. The van der Waals surface area contributed by atoms with Gasteiger partial charge in [-0.3, -0.25) is 4.31 Å². The molecule has 0 aliphatic carbocycles. The molecule has 0 unspecified atom stereocenters. The Morgan fingerprint density at radius 1 is 1.24 bits per heavy atom. The highest BCUT2D eigenvalue weighted by Gasteiger charge is 2.29. The number of hydrogen-bond acceptors (Lipinski definition) is 4. The SMILES string of the molecule is Cc1ccc2c(c1)CCCN2S(=O)(=O)c1ccc(N)nc1. The van der Waals surface area contributed by atoms with Crippen molar-refractivity contribution in [2.45, 2.75) is 24.7 Å². The molecule has 1 aromatic carbocycles. The number of nitrogen functional groups attached to an aromatic ring is 1. The molecule has 1 aliphatic rings. The molecule has 1 aromatic heterocycles. The minimum Gasteiger partial charge on any atom is -0.384 e. The summed E-state index contributed by atoms with van der Waals surface area (Å²) in [6.07, 6.45) is 3.04. The zero-order valence-electron chi connectivity index (χ0n) is 11.8. The number of anilines is 2. The summed E-state index contributed by atoms with van der Waals surface area (Å²) in [5.74, 6) is 0.309. The molecular weight excluding hydrogens is 286 g/mol. The van der Waals surface area contributed by atoms with Gasteiger partial charge in [-0.15, -0.1) is 0 Å². The summed E-state index contributed by atoms with van der Waals surface area (Å²) in [7, 11) is -3.59. The van der Waals surface area contributed by atoms with Crippen LogP contribution in [-0.2, 0) is 16.4 Å². The highest BCUT2D eigenvalue weighted by molar-refractivity contribution is 7.92. The van der Waals surface area contributed by atoms with Gasteiger partial charge >= 0.3 is 0 Å². The van der Waals surface area contributed by atoms with Crippen LogP contribution in [0.25, 0.3) is 0 Å². The maximum Gasteiger partial charge on any atom is 0.265 e. The van der Waals surface area contributed by atoms with Crippen molar-refractivity contribution in [3.63, 3.8) is 0 Å². The number of sulfonamides is 1. The topological polar surface area (TPSA) is 76.3 Å². The lowest BCUT2D eigenvalue weighted by molar-refractivity contribution is 0.586. The molecule has 0 radical (unpaired) electrons. The summed E-state index contributed by atoms with van der Waals surface area (Å²) in [6.45, 7) is 2.50. The van der Waals surface area contributed by atoms with Gasteiger partial charge in [0.15, 0.2) is 0 Å². The fourth-order valence-corrected chi connectivity index (χ4v) is 4.10. The van der Waals surface area contributed by atoms with Crippen molar-refractivity contribution in [2.75, 3.05) is 16.6 Å². The van der Waals surface area contributed by atoms with Crippen molar-refractivity contribution in [3.05, 3.63) is 47.7 Å². The van der Waals surface area contributed by atoms with Crippen molar-refractivity contribution in [3.8, 4) is 0 Å². The molecule has 1 aliphatic heterocycles. The first-order valence-electron chi connectivity index (χ1n) is 6.82. The Hall–Kier alpha value is -2.08. The Morgan fingerprint density at radius 3 is 2.76 bits per heavy atom.